The molecule has 0 radical (unpaired) electrons. The molecule has 1 N–H and O–H groups in total. The largest absolute Gasteiger partial charge is 0.416 e. The quantitative estimate of drug-likeness (QED) is 0.417. The van der Waals surface area contributed by atoms with Crippen molar-refractivity contribution in [3.05, 3.63) is 68.7 Å². The minimum absolute atomic E-state index is 0.0801. The summed E-state index contributed by atoms with van der Waals surface area (Å²) in [5, 5.41) is 3.81. The van der Waals surface area contributed by atoms with Crippen molar-refractivity contribution < 1.29 is 26.3 Å². The molecule has 1 nitrogen and oxygen atoms in total. The zero-order chi connectivity index (χ0) is 23.1. The summed E-state index contributed by atoms with van der Waals surface area (Å²) in [7, 11) is 0. The van der Waals surface area contributed by atoms with Gasteiger partial charge in [-0.25, -0.2) is 0 Å². The Kier molecular flexibility index (Phi) is 9.98. The van der Waals surface area contributed by atoms with Gasteiger partial charge in [0.05, 0.1) is 21.2 Å². The van der Waals surface area contributed by atoms with E-state index in [1.165, 1.54) is 0 Å². The lowest BCUT2D eigenvalue weighted by Crippen LogP contribution is -2.26. The van der Waals surface area contributed by atoms with Crippen LogP contribution in [-0.2, 0) is 25.3 Å². The van der Waals surface area contributed by atoms with Gasteiger partial charge in [-0.2, -0.15) is 26.3 Å². The highest BCUT2D eigenvalue weighted by atomic mass is 35.5. The summed E-state index contributed by atoms with van der Waals surface area (Å²) in [6, 6.07) is 6.64. The average Bonchev–Trinajstić information content (AvgIpc) is 2.67. The summed E-state index contributed by atoms with van der Waals surface area (Å²) < 4.78 is 77.4. The summed E-state index contributed by atoms with van der Waals surface area (Å²) in [4.78, 5) is 0. The van der Waals surface area contributed by atoms with E-state index in [1.807, 2.05) is 19.9 Å². The van der Waals surface area contributed by atoms with Gasteiger partial charge in [0.1, 0.15) is 0 Å². The molecule has 0 spiro atoms. The summed E-state index contributed by atoms with van der Waals surface area (Å²) in [6.45, 7) is 5.69. The maximum Gasteiger partial charge on any atom is 0.416 e. The van der Waals surface area contributed by atoms with Gasteiger partial charge in [-0.1, -0.05) is 43.1 Å². The van der Waals surface area contributed by atoms with Crippen LogP contribution in [-0.4, -0.2) is 6.04 Å². The molecule has 0 saturated carbocycles. The van der Waals surface area contributed by atoms with Gasteiger partial charge in [0.25, 0.3) is 0 Å². The summed E-state index contributed by atoms with van der Waals surface area (Å²) in [5.41, 5.74) is -1.78. The number of rotatable bonds is 6. The van der Waals surface area contributed by atoms with Crippen molar-refractivity contribution in [2.24, 2.45) is 0 Å². The Morgan fingerprint density at radius 2 is 1.33 bits per heavy atom. The Morgan fingerprint density at radius 3 is 1.80 bits per heavy atom. The minimum atomic E-state index is -4.85. The predicted octanol–water partition coefficient (Wildman–Crippen LogP) is 8.17. The molecule has 0 aromatic heterocycles. The van der Waals surface area contributed by atoms with Crippen LogP contribution in [0.5, 0.6) is 0 Å². The first-order valence-corrected chi connectivity index (χ1v) is 10.1. The minimum Gasteiger partial charge on any atom is -0.310 e. The summed E-state index contributed by atoms with van der Waals surface area (Å²) >= 11 is 11.8. The van der Waals surface area contributed by atoms with Crippen molar-refractivity contribution in [2.45, 2.75) is 58.6 Å². The van der Waals surface area contributed by atoms with Crippen molar-refractivity contribution in [1.82, 2.24) is 5.32 Å². The smallest absolute Gasteiger partial charge is 0.310 e. The molecule has 0 saturated heterocycles. The fourth-order valence-corrected chi connectivity index (χ4v) is 2.91. The fourth-order valence-electron chi connectivity index (χ4n) is 2.59. The van der Waals surface area contributed by atoms with E-state index in [0.29, 0.717) is 22.9 Å². The molecular formula is C21H23Cl2F6N. The van der Waals surface area contributed by atoms with Crippen molar-refractivity contribution in [2.75, 3.05) is 0 Å². The Balaban J connectivity index is 0.00000218. The Labute approximate surface area is 182 Å². The van der Waals surface area contributed by atoms with Gasteiger partial charge in [0.2, 0.25) is 0 Å². The molecule has 2 aromatic rings. The SMILES string of the molecule is CC.C[C@H](CCc1ccc(Cl)c(Cl)c1)NCc1cc(C(F)(F)F)cc(C(F)(F)F)c1. The first kappa shape index (κ1) is 26.6. The normalized spacial score (nSPS) is 12.9. The number of hydrogen-bond donors (Lipinski definition) is 1. The molecule has 0 amide bonds. The summed E-state index contributed by atoms with van der Waals surface area (Å²) in [6.07, 6.45) is -8.46. The van der Waals surface area contributed by atoms with E-state index in [0.717, 1.165) is 17.7 Å². The third-order valence-corrected chi connectivity index (χ3v) is 4.89. The molecule has 2 rings (SSSR count). The first-order valence-electron chi connectivity index (χ1n) is 9.32. The third-order valence-electron chi connectivity index (χ3n) is 4.15. The van der Waals surface area contributed by atoms with Crippen LogP contribution in [0.4, 0.5) is 26.3 Å². The number of benzene rings is 2. The van der Waals surface area contributed by atoms with Crippen LogP contribution in [0.3, 0.4) is 0 Å². The van der Waals surface area contributed by atoms with E-state index < -0.39 is 23.5 Å². The van der Waals surface area contributed by atoms with Gasteiger partial charge in [-0.05, 0) is 61.2 Å². The number of aryl methyl sites for hydroxylation is 1. The molecule has 168 valence electrons. The maximum absolute atomic E-state index is 12.9. The van der Waals surface area contributed by atoms with E-state index in [-0.39, 0.29) is 24.2 Å². The molecule has 0 unspecified atom stereocenters. The van der Waals surface area contributed by atoms with Crippen molar-refractivity contribution >= 4 is 23.2 Å². The predicted molar refractivity (Wildman–Crippen MR) is 109 cm³/mol. The van der Waals surface area contributed by atoms with Gasteiger partial charge < -0.3 is 5.32 Å². The standard InChI is InChI=1S/C19H17Cl2F6N.C2H6/c1-11(2-3-12-4-5-16(20)17(21)8-12)28-10-13-6-14(18(22,23)24)9-15(7-13)19(25,26)27;1-2/h4-9,11,28H,2-3,10H2,1H3;1-2H3/t11-;/m1./s1. The van der Waals surface area contributed by atoms with Gasteiger partial charge in [0, 0.05) is 12.6 Å². The molecule has 0 heterocycles. The molecule has 0 aliphatic rings. The van der Waals surface area contributed by atoms with Crippen LogP contribution in [0.25, 0.3) is 0 Å². The van der Waals surface area contributed by atoms with Crippen molar-refractivity contribution in [3.63, 3.8) is 0 Å². The molecule has 9 heteroatoms. The monoisotopic (exact) mass is 473 g/mol. The van der Waals surface area contributed by atoms with E-state index in [4.69, 9.17) is 23.2 Å². The molecule has 1 atom stereocenters. The molecule has 0 bridgehead atoms. The second-order valence-corrected chi connectivity index (χ2v) is 7.30. The lowest BCUT2D eigenvalue weighted by Gasteiger charge is -2.17. The first-order chi connectivity index (χ1) is 13.9. The Morgan fingerprint density at radius 1 is 0.800 bits per heavy atom. The zero-order valence-electron chi connectivity index (χ0n) is 16.7. The maximum atomic E-state index is 12.9. The molecule has 2 aromatic carbocycles. The highest BCUT2D eigenvalue weighted by molar-refractivity contribution is 6.42. The van der Waals surface area contributed by atoms with Gasteiger partial charge in [0.15, 0.2) is 0 Å². The van der Waals surface area contributed by atoms with Crippen LogP contribution in [0, 0.1) is 0 Å². The lowest BCUT2D eigenvalue weighted by molar-refractivity contribution is -0.143. The van der Waals surface area contributed by atoms with E-state index >= 15 is 0 Å². The second kappa shape index (κ2) is 11.3. The van der Waals surface area contributed by atoms with Crippen molar-refractivity contribution in [1.29, 1.82) is 0 Å². The van der Waals surface area contributed by atoms with E-state index in [1.54, 1.807) is 19.1 Å². The Bertz CT molecular complexity index is 786. The average molecular weight is 474 g/mol. The molecular weight excluding hydrogens is 451 g/mol. The molecule has 0 aliphatic heterocycles. The highest BCUT2D eigenvalue weighted by Crippen LogP contribution is 2.36. The van der Waals surface area contributed by atoms with Crippen LogP contribution < -0.4 is 5.32 Å². The van der Waals surface area contributed by atoms with E-state index in [2.05, 4.69) is 5.32 Å². The number of alkyl halides is 6. The second-order valence-electron chi connectivity index (χ2n) is 6.48. The zero-order valence-corrected chi connectivity index (χ0v) is 18.2. The van der Waals surface area contributed by atoms with Gasteiger partial charge in [-0.15, -0.1) is 0 Å². The Hall–Kier alpha value is -1.44. The van der Waals surface area contributed by atoms with Crippen LogP contribution >= 0.6 is 23.2 Å². The lowest BCUT2D eigenvalue weighted by atomic mass is 10.0. The van der Waals surface area contributed by atoms with Crippen LogP contribution in [0.1, 0.15) is 49.4 Å². The van der Waals surface area contributed by atoms with Gasteiger partial charge >= 0.3 is 12.4 Å². The summed E-state index contributed by atoms with van der Waals surface area (Å²) in [5.74, 6) is 0. The number of nitrogens with one attached hydrogen (secondary N) is 1. The molecule has 30 heavy (non-hydrogen) atoms. The number of halogens is 8. The van der Waals surface area contributed by atoms with Gasteiger partial charge in [-0.3, -0.25) is 0 Å². The highest BCUT2D eigenvalue weighted by Gasteiger charge is 2.36. The topological polar surface area (TPSA) is 12.0 Å². The van der Waals surface area contributed by atoms with Crippen LogP contribution in [0.2, 0.25) is 10.0 Å². The van der Waals surface area contributed by atoms with Crippen molar-refractivity contribution in [3.8, 4) is 0 Å². The third kappa shape index (κ3) is 8.36. The van der Waals surface area contributed by atoms with Crippen LogP contribution in [0.15, 0.2) is 36.4 Å². The fraction of sp³-hybridized carbons (Fsp3) is 0.429. The molecule has 0 aliphatic carbocycles. The van der Waals surface area contributed by atoms with E-state index in [9.17, 15) is 26.3 Å². The number of hydrogen-bond acceptors (Lipinski definition) is 1. The molecule has 0 fully saturated rings.